The Kier molecular flexibility index (Phi) is 5.55. The second-order valence-corrected chi connectivity index (χ2v) is 6.58. The predicted molar refractivity (Wildman–Crippen MR) is 69.6 cm³/mol. The number of hydrogen-bond donors (Lipinski definition) is 1. The zero-order valence-electron chi connectivity index (χ0n) is 10.00. The number of ether oxygens (including phenoxy) is 1. The van der Waals surface area contributed by atoms with Crippen LogP contribution >= 0.6 is 11.3 Å². The first-order valence-electron chi connectivity index (χ1n) is 5.22. The van der Waals surface area contributed by atoms with Crippen molar-refractivity contribution in [3.8, 4) is 6.07 Å². The summed E-state index contributed by atoms with van der Waals surface area (Å²) in [4.78, 5) is 0. The summed E-state index contributed by atoms with van der Waals surface area (Å²) in [5.74, 6) is 0. The van der Waals surface area contributed by atoms with E-state index >= 15 is 0 Å². The molecule has 0 amide bonds. The number of methoxy groups -OCH3 is 1. The van der Waals surface area contributed by atoms with Crippen molar-refractivity contribution in [1.29, 1.82) is 5.26 Å². The van der Waals surface area contributed by atoms with Crippen molar-refractivity contribution < 1.29 is 13.2 Å². The number of nitrogen functional groups attached to an aromatic ring is 1. The average molecular weight is 289 g/mol. The molecular formula is C10H15N3O3S2. The minimum atomic E-state index is -3.58. The van der Waals surface area contributed by atoms with E-state index in [9.17, 15) is 8.42 Å². The van der Waals surface area contributed by atoms with Crippen molar-refractivity contribution in [2.24, 2.45) is 0 Å². The average Bonchev–Trinajstić information content (AvgIpc) is 2.76. The van der Waals surface area contributed by atoms with Crippen molar-refractivity contribution in [2.45, 2.75) is 10.6 Å². The van der Waals surface area contributed by atoms with E-state index < -0.39 is 10.0 Å². The fourth-order valence-corrected chi connectivity index (χ4v) is 3.97. The lowest BCUT2D eigenvalue weighted by Gasteiger charge is -2.19. The van der Waals surface area contributed by atoms with Gasteiger partial charge in [0.05, 0.1) is 12.7 Å². The first-order chi connectivity index (χ1) is 8.52. The highest BCUT2D eigenvalue weighted by atomic mass is 32.2. The van der Waals surface area contributed by atoms with Gasteiger partial charge in [-0.25, -0.2) is 8.42 Å². The highest BCUT2D eigenvalue weighted by molar-refractivity contribution is 7.91. The predicted octanol–water partition coefficient (Wildman–Crippen LogP) is 0.881. The van der Waals surface area contributed by atoms with E-state index in [0.29, 0.717) is 5.69 Å². The summed E-state index contributed by atoms with van der Waals surface area (Å²) < 4.78 is 30.9. The molecule has 0 aliphatic heterocycles. The Balaban J connectivity index is 2.92. The fraction of sp³-hybridized carbons (Fsp3) is 0.500. The summed E-state index contributed by atoms with van der Waals surface area (Å²) in [5.41, 5.74) is 5.95. The van der Waals surface area contributed by atoms with Crippen LogP contribution < -0.4 is 5.73 Å². The van der Waals surface area contributed by atoms with Crippen LogP contribution in [0.25, 0.3) is 0 Å². The maximum Gasteiger partial charge on any atom is 0.252 e. The number of nitriles is 1. The summed E-state index contributed by atoms with van der Waals surface area (Å²) in [6, 6.07) is 3.36. The van der Waals surface area contributed by atoms with Gasteiger partial charge in [0.25, 0.3) is 10.0 Å². The zero-order valence-corrected chi connectivity index (χ0v) is 11.6. The number of nitrogens with zero attached hydrogens (tertiary/aromatic N) is 2. The molecule has 0 fully saturated rings. The number of thiophene rings is 1. The van der Waals surface area contributed by atoms with Gasteiger partial charge in [0.2, 0.25) is 0 Å². The SMILES string of the molecule is COCCN(CCC#N)S(=O)(=O)c1cc(N)cs1. The molecule has 6 nitrogen and oxygen atoms in total. The summed E-state index contributed by atoms with van der Waals surface area (Å²) in [7, 11) is -2.09. The second kappa shape index (κ2) is 6.70. The third-order valence-electron chi connectivity index (χ3n) is 2.21. The molecule has 0 aromatic carbocycles. The number of sulfonamides is 1. The molecule has 8 heteroatoms. The third-order valence-corrected chi connectivity index (χ3v) is 5.54. The highest BCUT2D eigenvalue weighted by Gasteiger charge is 2.25. The van der Waals surface area contributed by atoms with Crippen molar-refractivity contribution in [2.75, 3.05) is 32.5 Å². The fourth-order valence-electron chi connectivity index (χ4n) is 1.31. The summed E-state index contributed by atoms with van der Waals surface area (Å²) in [6.45, 7) is 0.657. The summed E-state index contributed by atoms with van der Waals surface area (Å²) in [5, 5.41) is 10.1. The van der Waals surface area contributed by atoms with Crippen LogP contribution in [0.1, 0.15) is 6.42 Å². The van der Waals surface area contributed by atoms with Crippen molar-refractivity contribution in [3.05, 3.63) is 11.4 Å². The molecule has 2 N–H and O–H groups in total. The number of hydrogen-bond acceptors (Lipinski definition) is 6. The Morgan fingerprint density at radius 1 is 1.56 bits per heavy atom. The van der Waals surface area contributed by atoms with E-state index in [1.54, 1.807) is 5.38 Å². The molecule has 0 bridgehead atoms. The van der Waals surface area contributed by atoms with Crippen molar-refractivity contribution in [3.63, 3.8) is 0 Å². The Morgan fingerprint density at radius 2 is 2.28 bits per heavy atom. The first-order valence-corrected chi connectivity index (χ1v) is 7.54. The quantitative estimate of drug-likeness (QED) is 0.803. The van der Waals surface area contributed by atoms with Gasteiger partial charge < -0.3 is 10.5 Å². The Hall–Kier alpha value is -1.14. The van der Waals surface area contributed by atoms with E-state index in [0.717, 1.165) is 11.3 Å². The maximum absolute atomic E-state index is 12.3. The van der Waals surface area contributed by atoms with Crippen LogP contribution in [0.15, 0.2) is 15.7 Å². The molecular weight excluding hydrogens is 274 g/mol. The van der Waals surface area contributed by atoms with Gasteiger partial charge in [-0.15, -0.1) is 11.3 Å². The number of anilines is 1. The minimum Gasteiger partial charge on any atom is -0.398 e. The topological polar surface area (TPSA) is 96.4 Å². The van der Waals surface area contributed by atoms with Gasteiger partial charge >= 0.3 is 0 Å². The van der Waals surface area contributed by atoms with Crippen LogP contribution in [-0.2, 0) is 14.8 Å². The number of rotatable bonds is 7. The van der Waals surface area contributed by atoms with Gasteiger partial charge in [0, 0.05) is 37.7 Å². The molecule has 0 unspecified atom stereocenters. The minimum absolute atomic E-state index is 0.143. The Morgan fingerprint density at radius 3 is 2.78 bits per heavy atom. The molecule has 0 spiro atoms. The van der Waals surface area contributed by atoms with Gasteiger partial charge in [-0.05, 0) is 6.07 Å². The van der Waals surface area contributed by atoms with Gasteiger partial charge in [-0.1, -0.05) is 0 Å². The van der Waals surface area contributed by atoms with Crippen LogP contribution in [0.5, 0.6) is 0 Å². The summed E-state index contributed by atoms with van der Waals surface area (Å²) in [6.07, 6.45) is 0.143. The molecule has 1 heterocycles. The van der Waals surface area contributed by atoms with Gasteiger partial charge in [-0.3, -0.25) is 0 Å². The molecule has 1 aromatic heterocycles. The molecule has 0 saturated carbocycles. The second-order valence-electron chi connectivity index (χ2n) is 3.50. The third kappa shape index (κ3) is 3.68. The molecule has 100 valence electrons. The molecule has 18 heavy (non-hydrogen) atoms. The van der Waals surface area contributed by atoms with Gasteiger partial charge in [-0.2, -0.15) is 9.57 Å². The summed E-state index contributed by atoms with van der Waals surface area (Å²) >= 11 is 1.07. The highest BCUT2D eigenvalue weighted by Crippen LogP contribution is 2.25. The van der Waals surface area contributed by atoms with E-state index in [1.165, 1.54) is 17.5 Å². The van der Waals surface area contributed by atoms with Crippen LogP contribution in [0.2, 0.25) is 0 Å². The standard InChI is InChI=1S/C10H15N3O3S2/c1-16-6-5-13(4-2-3-11)18(14,15)10-7-9(12)8-17-10/h7-8H,2,4-6,12H2,1H3. The maximum atomic E-state index is 12.3. The number of nitrogens with two attached hydrogens (primary N) is 1. The van der Waals surface area contributed by atoms with Crippen molar-refractivity contribution >= 4 is 27.0 Å². The molecule has 0 atom stereocenters. The molecule has 1 aromatic rings. The van der Waals surface area contributed by atoms with E-state index in [-0.39, 0.29) is 30.3 Å². The lowest BCUT2D eigenvalue weighted by atomic mass is 10.4. The monoisotopic (exact) mass is 289 g/mol. The Bertz CT molecular complexity index is 519. The largest absolute Gasteiger partial charge is 0.398 e. The van der Waals surface area contributed by atoms with Gasteiger partial charge in [0.1, 0.15) is 4.21 Å². The van der Waals surface area contributed by atoms with Crippen LogP contribution in [0, 0.1) is 11.3 Å². The van der Waals surface area contributed by atoms with E-state index in [1.807, 2.05) is 6.07 Å². The normalized spacial score (nSPS) is 11.6. The molecule has 0 aliphatic carbocycles. The van der Waals surface area contributed by atoms with E-state index in [2.05, 4.69) is 0 Å². The van der Waals surface area contributed by atoms with E-state index in [4.69, 9.17) is 15.7 Å². The molecule has 1 rings (SSSR count). The van der Waals surface area contributed by atoms with Crippen molar-refractivity contribution in [1.82, 2.24) is 4.31 Å². The smallest absolute Gasteiger partial charge is 0.252 e. The van der Waals surface area contributed by atoms with Crippen LogP contribution in [0.3, 0.4) is 0 Å². The van der Waals surface area contributed by atoms with Crippen LogP contribution in [-0.4, -0.2) is 39.5 Å². The van der Waals surface area contributed by atoms with Crippen LogP contribution in [0.4, 0.5) is 5.69 Å². The first kappa shape index (κ1) is 14.9. The van der Waals surface area contributed by atoms with Gasteiger partial charge in [0.15, 0.2) is 0 Å². The molecule has 0 radical (unpaired) electrons. The Labute approximate surface area is 111 Å². The lowest BCUT2D eigenvalue weighted by Crippen LogP contribution is -2.34. The lowest BCUT2D eigenvalue weighted by molar-refractivity contribution is 0.179. The zero-order chi connectivity index (χ0) is 13.6. The molecule has 0 saturated heterocycles. The molecule has 0 aliphatic rings.